The first kappa shape index (κ1) is 30.0. The van der Waals surface area contributed by atoms with Crippen LogP contribution in [0.15, 0.2) is 71.6 Å². The summed E-state index contributed by atoms with van der Waals surface area (Å²) < 4.78 is 93.5. The standard InChI is InChI=1S/C27H24F6O5S/c1-17-12-23(10-11-24(17)38-15-25(34)35)39-16-18(13-36-21-6-2-19(3-7-21)26(28,29)30)14-37-22-8-4-20(5-9-22)27(31,32)33/h2-12,18H,13-16H2,1H3,(H,34,35). The number of carbonyl (C=O) groups is 1. The number of carboxylic acid groups (broad SMARTS) is 1. The van der Waals surface area contributed by atoms with Gasteiger partial charge in [-0.25, -0.2) is 4.79 Å². The summed E-state index contributed by atoms with van der Waals surface area (Å²) in [6.45, 7) is 1.42. The third kappa shape index (κ3) is 9.61. The summed E-state index contributed by atoms with van der Waals surface area (Å²) in [5.41, 5.74) is -0.891. The summed E-state index contributed by atoms with van der Waals surface area (Å²) in [7, 11) is 0. The van der Waals surface area contributed by atoms with Crippen molar-refractivity contribution in [2.45, 2.75) is 24.2 Å². The van der Waals surface area contributed by atoms with Gasteiger partial charge in [-0.3, -0.25) is 0 Å². The van der Waals surface area contributed by atoms with Gasteiger partial charge in [-0.05, 0) is 79.2 Å². The van der Waals surface area contributed by atoms with Crippen molar-refractivity contribution in [2.24, 2.45) is 5.92 Å². The summed E-state index contributed by atoms with van der Waals surface area (Å²) in [5, 5.41) is 8.78. The van der Waals surface area contributed by atoms with Crippen molar-refractivity contribution in [1.29, 1.82) is 0 Å². The molecule has 0 aliphatic heterocycles. The van der Waals surface area contributed by atoms with Gasteiger partial charge in [-0.1, -0.05) is 0 Å². The molecule has 0 radical (unpaired) electrons. The molecule has 0 saturated carbocycles. The number of alkyl halides is 6. The quantitative estimate of drug-likeness (QED) is 0.180. The molecule has 0 aliphatic carbocycles. The summed E-state index contributed by atoms with van der Waals surface area (Å²) in [5.74, 6) is -0.0865. The maximum absolute atomic E-state index is 12.8. The van der Waals surface area contributed by atoms with Crippen molar-refractivity contribution in [3.63, 3.8) is 0 Å². The van der Waals surface area contributed by atoms with Gasteiger partial charge in [0.25, 0.3) is 0 Å². The zero-order valence-corrected chi connectivity index (χ0v) is 21.3. The van der Waals surface area contributed by atoms with Crippen LogP contribution in [0.3, 0.4) is 0 Å². The highest BCUT2D eigenvalue weighted by molar-refractivity contribution is 7.99. The number of carboxylic acids is 1. The number of aliphatic carboxylic acids is 1. The lowest BCUT2D eigenvalue weighted by Crippen LogP contribution is -2.22. The van der Waals surface area contributed by atoms with Crippen molar-refractivity contribution >= 4 is 17.7 Å². The van der Waals surface area contributed by atoms with Crippen molar-refractivity contribution < 1.29 is 50.5 Å². The number of rotatable bonds is 12. The van der Waals surface area contributed by atoms with Crippen LogP contribution in [0.1, 0.15) is 16.7 Å². The van der Waals surface area contributed by atoms with Crippen LogP contribution in [0.25, 0.3) is 0 Å². The van der Waals surface area contributed by atoms with Gasteiger partial charge in [0, 0.05) is 16.6 Å². The Morgan fingerprint density at radius 3 is 1.69 bits per heavy atom. The molecule has 0 bridgehead atoms. The summed E-state index contributed by atoms with van der Waals surface area (Å²) >= 11 is 1.43. The molecule has 0 spiro atoms. The average Bonchev–Trinajstić information content (AvgIpc) is 2.87. The van der Waals surface area contributed by atoms with Crippen LogP contribution in [0, 0.1) is 12.8 Å². The molecule has 0 atom stereocenters. The number of hydrogen-bond acceptors (Lipinski definition) is 5. The fraction of sp³-hybridized carbons (Fsp3) is 0.296. The second-order valence-corrected chi connectivity index (χ2v) is 9.55. The van der Waals surface area contributed by atoms with Crippen LogP contribution >= 0.6 is 11.8 Å². The number of halogens is 6. The highest BCUT2D eigenvalue weighted by Gasteiger charge is 2.31. The highest BCUT2D eigenvalue weighted by atomic mass is 32.2. The van der Waals surface area contributed by atoms with Gasteiger partial charge >= 0.3 is 18.3 Å². The zero-order valence-electron chi connectivity index (χ0n) is 20.5. The Hall–Kier alpha value is -3.54. The van der Waals surface area contributed by atoms with Gasteiger partial charge in [-0.2, -0.15) is 26.3 Å². The van der Waals surface area contributed by atoms with E-state index in [1.165, 1.54) is 36.0 Å². The smallest absolute Gasteiger partial charge is 0.416 e. The molecule has 0 heterocycles. The number of aryl methyl sites for hydroxylation is 1. The molecule has 0 fully saturated rings. The topological polar surface area (TPSA) is 65.0 Å². The highest BCUT2D eigenvalue weighted by Crippen LogP contribution is 2.32. The molecule has 39 heavy (non-hydrogen) atoms. The Kier molecular flexibility index (Phi) is 10.0. The number of benzene rings is 3. The lowest BCUT2D eigenvalue weighted by atomic mass is 10.2. The molecule has 0 saturated heterocycles. The molecular formula is C27H24F6O5S. The predicted octanol–water partition coefficient (Wildman–Crippen LogP) is 7.36. The Morgan fingerprint density at radius 2 is 1.28 bits per heavy atom. The van der Waals surface area contributed by atoms with Gasteiger partial charge in [0.15, 0.2) is 6.61 Å². The minimum absolute atomic E-state index is 0.0672. The molecule has 1 N–H and O–H groups in total. The largest absolute Gasteiger partial charge is 0.493 e. The van der Waals surface area contributed by atoms with Crippen LogP contribution in [0.2, 0.25) is 0 Å². The summed E-state index contributed by atoms with van der Waals surface area (Å²) in [6.07, 6.45) is -8.95. The Labute approximate surface area is 224 Å². The minimum Gasteiger partial charge on any atom is -0.493 e. The van der Waals surface area contributed by atoms with Gasteiger partial charge in [0.2, 0.25) is 0 Å². The van der Waals surface area contributed by atoms with Crippen LogP contribution < -0.4 is 14.2 Å². The molecule has 3 rings (SSSR count). The normalized spacial score (nSPS) is 11.9. The molecule has 0 aromatic heterocycles. The lowest BCUT2D eigenvalue weighted by Gasteiger charge is -2.19. The maximum atomic E-state index is 12.8. The molecule has 0 aliphatic rings. The van der Waals surface area contributed by atoms with Gasteiger partial charge < -0.3 is 19.3 Å². The third-order valence-corrected chi connectivity index (χ3v) is 6.54. The lowest BCUT2D eigenvalue weighted by molar-refractivity contribution is -0.139. The predicted molar refractivity (Wildman–Crippen MR) is 132 cm³/mol. The Bertz CT molecular complexity index is 1170. The van der Waals surface area contributed by atoms with Crippen LogP contribution in [-0.2, 0) is 17.1 Å². The average molecular weight is 575 g/mol. The van der Waals surface area contributed by atoms with E-state index in [1.807, 2.05) is 6.07 Å². The molecule has 3 aromatic carbocycles. The van der Waals surface area contributed by atoms with E-state index in [4.69, 9.17) is 19.3 Å². The summed E-state index contributed by atoms with van der Waals surface area (Å²) in [4.78, 5) is 11.6. The molecule has 0 unspecified atom stereocenters. The Balaban J connectivity index is 1.66. The van der Waals surface area contributed by atoms with E-state index in [0.29, 0.717) is 11.5 Å². The maximum Gasteiger partial charge on any atom is 0.416 e. The van der Waals surface area contributed by atoms with Crippen molar-refractivity contribution in [2.75, 3.05) is 25.6 Å². The van der Waals surface area contributed by atoms with E-state index in [-0.39, 0.29) is 30.6 Å². The number of hydrogen-bond donors (Lipinski definition) is 1. The molecule has 12 heteroatoms. The monoisotopic (exact) mass is 574 g/mol. The fourth-order valence-corrected chi connectivity index (χ4v) is 4.32. The van der Waals surface area contributed by atoms with E-state index in [1.54, 1.807) is 19.1 Å². The van der Waals surface area contributed by atoms with Crippen molar-refractivity contribution in [3.05, 3.63) is 83.4 Å². The molecule has 210 valence electrons. The van der Waals surface area contributed by atoms with Crippen LogP contribution in [-0.4, -0.2) is 36.6 Å². The zero-order chi connectivity index (χ0) is 28.6. The van der Waals surface area contributed by atoms with Crippen molar-refractivity contribution in [3.8, 4) is 17.2 Å². The first-order valence-electron chi connectivity index (χ1n) is 11.5. The van der Waals surface area contributed by atoms with Crippen molar-refractivity contribution in [1.82, 2.24) is 0 Å². The van der Waals surface area contributed by atoms with Gasteiger partial charge in [0.05, 0.1) is 24.3 Å². The second-order valence-electron chi connectivity index (χ2n) is 8.45. The van der Waals surface area contributed by atoms with E-state index in [0.717, 1.165) is 34.7 Å². The minimum atomic E-state index is -4.47. The Morgan fingerprint density at radius 1 is 0.795 bits per heavy atom. The first-order valence-corrected chi connectivity index (χ1v) is 12.5. The SMILES string of the molecule is Cc1cc(SCC(COc2ccc(C(F)(F)F)cc2)COc2ccc(C(F)(F)F)cc2)ccc1OCC(=O)O. The van der Waals surface area contributed by atoms with Gasteiger partial charge in [0.1, 0.15) is 17.2 Å². The molecule has 0 amide bonds. The molecule has 5 nitrogen and oxygen atoms in total. The molecular weight excluding hydrogens is 550 g/mol. The van der Waals surface area contributed by atoms with E-state index in [2.05, 4.69) is 0 Å². The number of ether oxygens (including phenoxy) is 3. The summed E-state index contributed by atoms with van der Waals surface area (Å²) in [6, 6.07) is 13.7. The fourth-order valence-electron chi connectivity index (χ4n) is 3.28. The molecule has 3 aromatic rings. The van der Waals surface area contributed by atoms with E-state index >= 15 is 0 Å². The van der Waals surface area contributed by atoms with E-state index < -0.39 is 36.1 Å². The first-order chi connectivity index (χ1) is 18.3. The third-order valence-electron chi connectivity index (χ3n) is 5.32. The number of thioether (sulfide) groups is 1. The van der Waals surface area contributed by atoms with E-state index in [9.17, 15) is 31.1 Å². The van der Waals surface area contributed by atoms with Crippen LogP contribution in [0.4, 0.5) is 26.3 Å². The van der Waals surface area contributed by atoms with Gasteiger partial charge in [-0.15, -0.1) is 11.8 Å². The second kappa shape index (κ2) is 13.0. The van der Waals surface area contributed by atoms with Crippen LogP contribution in [0.5, 0.6) is 17.2 Å².